The van der Waals surface area contributed by atoms with E-state index in [0.29, 0.717) is 22.6 Å². The number of aryl methyl sites for hydroxylation is 1. The van der Waals surface area contributed by atoms with Crippen molar-refractivity contribution in [1.29, 1.82) is 0 Å². The van der Waals surface area contributed by atoms with Crippen molar-refractivity contribution in [1.82, 2.24) is 4.98 Å². The Balaban J connectivity index is 2.52. The van der Waals surface area contributed by atoms with Crippen LogP contribution in [0.2, 0.25) is 0 Å². The number of thiazole rings is 1. The van der Waals surface area contributed by atoms with Crippen LogP contribution in [-0.4, -0.2) is 11.3 Å². The molecule has 0 bridgehead atoms. The van der Waals surface area contributed by atoms with Gasteiger partial charge in [-0.3, -0.25) is 4.79 Å². The molecule has 0 saturated carbocycles. The van der Waals surface area contributed by atoms with Crippen molar-refractivity contribution in [3.8, 4) is 10.6 Å². The van der Waals surface area contributed by atoms with E-state index in [1.807, 2.05) is 6.92 Å². The van der Waals surface area contributed by atoms with E-state index in [0.717, 1.165) is 5.56 Å². The summed E-state index contributed by atoms with van der Waals surface area (Å²) in [6.45, 7) is 1.89. The van der Waals surface area contributed by atoms with E-state index < -0.39 is 0 Å². The summed E-state index contributed by atoms with van der Waals surface area (Å²) in [7, 11) is 0. The van der Waals surface area contributed by atoms with Crippen LogP contribution in [-0.2, 0) is 0 Å². The fraction of sp³-hybridized carbons (Fsp3) is 0.0909. The lowest BCUT2D eigenvalue weighted by molar-refractivity contribution is 0.111. The third kappa shape index (κ3) is 1.94. The highest BCUT2D eigenvalue weighted by Gasteiger charge is 2.09. The number of hydrogen-bond donors (Lipinski definition) is 0. The van der Waals surface area contributed by atoms with Crippen molar-refractivity contribution in [2.75, 3.05) is 0 Å². The van der Waals surface area contributed by atoms with Crippen molar-refractivity contribution < 1.29 is 9.18 Å². The quantitative estimate of drug-likeness (QED) is 0.729. The van der Waals surface area contributed by atoms with Gasteiger partial charge in [-0.15, -0.1) is 11.3 Å². The first-order chi connectivity index (χ1) is 7.20. The second-order valence-electron chi connectivity index (χ2n) is 3.18. The van der Waals surface area contributed by atoms with Gasteiger partial charge in [0.05, 0.1) is 0 Å². The van der Waals surface area contributed by atoms with Crippen LogP contribution in [0.5, 0.6) is 0 Å². The van der Waals surface area contributed by atoms with Gasteiger partial charge in [-0.1, -0.05) is 11.6 Å². The highest BCUT2D eigenvalue weighted by molar-refractivity contribution is 7.13. The lowest BCUT2D eigenvalue weighted by Crippen LogP contribution is -1.86. The Morgan fingerprint density at radius 2 is 2.27 bits per heavy atom. The van der Waals surface area contributed by atoms with E-state index in [-0.39, 0.29) is 5.82 Å². The smallest absolute Gasteiger partial charge is 0.169 e. The summed E-state index contributed by atoms with van der Waals surface area (Å²) in [6.07, 6.45) is 0.660. The predicted octanol–water partition coefficient (Wildman–Crippen LogP) is 3.07. The van der Waals surface area contributed by atoms with Crippen LogP contribution in [0.3, 0.4) is 0 Å². The lowest BCUT2D eigenvalue weighted by atomic mass is 10.1. The lowest BCUT2D eigenvalue weighted by Gasteiger charge is -1.99. The van der Waals surface area contributed by atoms with E-state index in [1.54, 1.807) is 17.5 Å². The van der Waals surface area contributed by atoms with Gasteiger partial charge in [0, 0.05) is 10.9 Å². The van der Waals surface area contributed by atoms with E-state index >= 15 is 0 Å². The molecule has 1 heterocycles. The Hall–Kier alpha value is -1.55. The maximum atomic E-state index is 13.4. The van der Waals surface area contributed by atoms with Gasteiger partial charge in [0.25, 0.3) is 0 Å². The summed E-state index contributed by atoms with van der Waals surface area (Å²) in [6, 6.07) is 4.84. The van der Waals surface area contributed by atoms with Crippen LogP contribution >= 0.6 is 11.3 Å². The SMILES string of the molecule is Cc1ccc(F)c(-c2nc(C=O)cs2)c1. The summed E-state index contributed by atoms with van der Waals surface area (Å²) in [5.41, 5.74) is 1.76. The van der Waals surface area contributed by atoms with Gasteiger partial charge in [-0.25, -0.2) is 9.37 Å². The van der Waals surface area contributed by atoms with Gasteiger partial charge < -0.3 is 0 Å². The first-order valence-corrected chi connectivity index (χ1v) is 5.26. The van der Waals surface area contributed by atoms with Gasteiger partial charge in [0.15, 0.2) is 6.29 Å². The number of benzene rings is 1. The zero-order valence-corrected chi connectivity index (χ0v) is 8.84. The molecule has 2 rings (SSSR count). The van der Waals surface area contributed by atoms with Gasteiger partial charge >= 0.3 is 0 Å². The highest BCUT2D eigenvalue weighted by atomic mass is 32.1. The average Bonchev–Trinajstić information content (AvgIpc) is 2.70. The second kappa shape index (κ2) is 3.90. The topological polar surface area (TPSA) is 30.0 Å². The molecule has 15 heavy (non-hydrogen) atoms. The van der Waals surface area contributed by atoms with Crippen LogP contribution in [0.4, 0.5) is 4.39 Å². The molecule has 0 radical (unpaired) electrons. The summed E-state index contributed by atoms with van der Waals surface area (Å²) < 4.78 is 13.4. The number of hydrogen-bond acceptors (Lipinski definition) is 3. The summed E-state index contributed by atoms with van der Waals surface area (Å²) in [5, 5.41) is 2.16. The zero-order chi connectivity index (χ0) is 10.8. The third-order valence-electron chi connectivity index (χ3n) is 1.99. The maximum Gasteiger partial charge on any atom is 0.169 e. The minimum atomic E-state index is -0.313. The van der Waals surface area contributed by atoms with E-state index in [4.69, 9.17) is 0 Å². The zero-order valence-electron chi connectivity index (χ0n) is 8.03. The maximum absolute atomic E-state index is 13.4. The Bertz CT molecular complexity index is 507. The molecule has 0 aliphatic rings. The molecule has 0 unspecified atom stereocenters. The standard InChI is InChI=1S/C11H8FNOS/c1-7-2-3-10(12)9(4-7)11-13-8(5-14)6-15-11/h2-6H,1H3. The average molecular weight is 221 g/mol. The molecule has 76 valence electrons. The molecule has 0 N–H and O–H groups in total. The molecular formula is C11H8FNOS. The molecule has 1 aromatic heterocycles. The summed E-state index contributed by atoms with van der Waals surface area (Å²) in [5.74, 6) is -0.313. The van der Waals surface area contributed by atoms with Gasteiger partial charge in [-0.2, -0.15) is 0 Å². The third-order valence-corrected chi connectivity index (χ3v) is 2.89. The fourth-order valence-electron chi connectivity index (χ4n) is 1.27. The Kier molecular flexibility index (Phi) is 2.60. The number of rotatable bonds is 2. The molecule has 1 aromatic carbocycles. The monoisotopic (exact) mass is 221 g/mol. The Labute approximate surface area is 90.4 Å². The summed E-state index contributed by atoms with van der Waals surface area (Å²) >= 11 is 1.27. The number of aldehydes is 1. The molecule has 0 atom stereocenters. The van der Waals surface area contributed by atoms with Gasteiger partial charge in [0.1, 0.15) is 16.5 Å². The number of aromatic nitrogens is 1. The minimum absolute atomic E-state index is 0.313. The van der Waals surface area contributed by atoms with Crippen LogP contribution in [0, 0.1) is 12.7 Å². The molecule has 0 fully saturated rings. The van der Waals surface area contributed by atoms with Crippen LogP contribution in [0.25, 0.3) is 10.6 Å². The first kappa shape index (κ1) is 9.98. The second-order valence-corrected chi connectivity index (χ2v) is 4.04. The number of carbonyl (C=O) groups excluding carboxylic acids is 1. The van der Waals surface area contributed by atoms with Crippen molar-refractivity contribution in [3.05, 3.63) is 40.7 Å². The van der Waals surface area contributed by atoms with Crippen LogP contribution < -0.4 is 0 Å². The Morgan fingerprint density at radius 1 is 1.47 bits per heavy atom. The van der Waals surface area contributed by atoms with E-state index in [1.165, 1.54) is 17.4 Å². The van der Waals surface area contributed by atoms with Gasteiger partial charge in [0.2, 0.25) is 0 Å². The van der Waals surface area contributed by atoms with Crippen LogP contribution in [0.1, 0.15) is 16.1 Å². The van der Waals surface area contributed by atoms with E-state index in [9.17, 15) is 9.18 Å². The molecule has 2 nitrogen and oxygen atoms in total. The predicted molar refractivity (Wildman–Crippen MR) is 57.6 cm³/mol. The minimum Gasteiger partial charge on any atom is -0.296 e. The molecule has 0 aliphatic carbocycles. The first-order valence-electron chi connectivity index (χ1n) is 4.38. The molecule has 0 spiro atoms. The van der Waals surface area contributed by atoms with Crippen molar-refractivity contribution in [3.63, 3.8) is 0 Å². The van der Waals surface area contributed by atoms with E-state index in [2.05, 4.69) is 4.98 Å². The molecule has 4 heteroatoms. The van der Waals surface area contributed by atoms with Crippen molar-refractivity contribution in [2.45, 2.75) is 6.92 Å². The number of carbonyl (C=O) groups is 1. The van der Waals surface area contributed by atoms with Crippen LogP contribution in [0.15, 0.2) is 23.6 Å². The van der Waals surface area contributed by atoms with Crippen molar-refractivity contribution >= 4 is 17.6 Å². The summed E-state index contributed by atoms with van der Waals surface area (Å²) in [4.78, 5) is 14.5. The molecular weight excluding hydrogens is 213 g/mol. The normalized spacial score (nSPS) is 10.3. The Morgan fingerprint density at radius 3 is 2.93 bits per heavy atom. The molecule has 2 aromatic rings. The fourth-order valence-corrected chi connectivity index (χ4v) is 2.05. The number of nitrogens with zero attached hydrogens (tertiary/aromatic N) is 1. The van der Waals surface area contributed by atoms with Crippen molar-refractivity contribution in [2.24, 2.45) is 0 Å². The largest absolute Gasteiger partial charge is 0.296 e. The highest BCUT2D eigenvalue weighted by Crippen LogP contribution is 2.26. The number of halogens is 1. The molecule has 0 amide bonds. The molecule has 0 saturated heterocycles. The molecule has 0 aliphatic heterocycles. The van der Waals surface area contributed by atoms with Gasteiger partial charge in [-0.05, 0) is 19.1 Å².